The number of benzene rings is 2. The summed E-state index contributed by atoms with van der Waals surface area (Å²) in [4.78, 5) is 23.9. The van der Waals surface area contributed by atoms with E-state index >= 15 is 0 Å². The Labute approximate surface area is 160 Å². The van der Waals surface area contributed by atoms with Crippen LogP contribution in [0, 0.1) is 11.6 Å². The number of esters is 1. The van der Waals surface area contributed by atoms with E-state index in [2.05, 4.69) is 10.1 Å². The third-order valence-corrected chi connectivity index (χ3v) is 4.29. The van der Waals surface area contributed by atoms with Crippen LogP contribution in [0.25, 0.3) is 0 Å². The third-order valence-electron chi connectivity index (χ3n) is 4.29. The molecule has 0 spiro atoms. The van der Waals surface area contributed by atoms with Gasteiger partial charge in [-0.3, -0.25) is 4.79 Å². The SMILES string of the molecule is COC(=O)c1cc(NC(=O)c2ccc(OCC3CCCO3)cc2)c(F)cc1F. The van der Waals surface area contributed by atoms with Crippen LogP contribution in [0.1, 0.15) is 33.6 Å². The molecule has 1 unspecified atom stereocenters. The van der Waals surface area contributed by atoms with Gasteiger partial charge in [-0.05, 0) is 43.2 Å². The minimum atomic E-state index is -1.07. The quantitative estimate of drug-likeness (QED) is 0.763. The second-order valence-electron chi connectivity index (χ2n) is 6.23. The molecule has 28 heavy (non-hydrogen) atoms. The zero-order valence-corrected chi connectivity index (χ0v) is 15.2. The van der Waals surface area contributed by atoms with Crippen LogP contribution in [-0.2, 0) is 9.47 Å². The maximum atomic E-state index is 13.9. The molecule has 1 amide bonds. The van der Waals surface area contributed by atoms with Crippen molar-refractivity contribution in [2.75, 3.05) is 25.6 Å². The number of carbonyl (C=O) groups excluding carboxylic acids is 2. The van der Waals surface area contributed by atoms with Gasteiger partial charge < -0.3 is 19.5 Å². The van der Waals surface area contributed by atoms with Crippen LogP contribution < -0.4 is 10.1 Å². The summed E-state index contributed by atoms with van der Waals surface area (Å²) in [7, 11) is 1.08. The molecule has 6 nitrogen and oxygen atoms in total. The van der Waals surface area contributed by atoms with E-state index in [4.69, 9.17) is 9.47 Å². The molecule has 0 radical (unpaired) electrons. The van der Waals surface area contributed by atoms with Crippen molar-refractivity contribution in [3.05, 3.63) is 59.2 Å². The summed E-state index contributed by atoms with van der Waals surface area (Å²) in [6.45, 7) is 1.17. The molecule has 1 atom stereocenters. The average molecular weight is 391 g/mol. The van der Waals surface area contributed by atoms with Crippen molar-refractivity contribution < 1.29 is 32.6 Å². The first kappa shape index (κ1) is 19.8. The molecule has 1 saturated heterocycles. The van der Waals surface area contributed by atoms with Crippen molar-refractivity contribution in [1.29, 1.82) is 0 Å². The first-order chi connectivity index (χ1) is 13.5. The number of nitrogens with one attached hydrogen (secondary N) is 1. The van der Waals surface area contributed by atoms with Gasteiger partial charge in [0.2, 0.25) is 0 Å². The van der Waals surface area contributed by atoms with Gasteiger partial charge in [-0.15, -0.1) is 0 Å². The van der Waals surface area contributed by atoms with E-state index in [9.17, 15) is 18.4 Å². The highest BCUT2D eigenvalue weighted by molar-refractivity contribution is 6.05. The first-order valence-electron chi connectivity index (χ1n) is 8.71. The molecule has 0 saturated carbocycles. The molecular formula is C20H19F2NO5. The summed E-state index contributed by atoms with van der Waals surface area (Å²) in [5.41, 5.74) is -0.560. The lowest BCUT2D eigenvalue weighted by Crippen LogP contribution is -2.16. The van der Waals surface area contributed by atoms with Crippen LogP contribution in [0.2, 0.25) is 0 Å². The monoisotopic (exact) mass is 391 g/mol. The summed E-state index contributed by atoms with van der Waals surface area (Å²) in [6, 6.07) is 7.68. The number of hydrogen-bond donors (Lipinski definition) is 1. The highest BCUT2D eigenvalue weighted by atomic mass is 19.1. The molecule has 1 N–H and O–H groups in total. The number of hydrogen-bond acceptors (Lipinski definition) is 5. The standard InChI is InChI=1S/C20H19F2NO5/c1-26-20(25)15-9-18(17(22)10-16(15)21)23-19(24)12-4-6-13(7-5-12)28-11-14-3-2-8-27-14/h4-7,9-10,14H,2-3,8,11H2,1H3,(H,23,24). The molecular weight excluding hydrogens is 372 g/mol. The maximum absolute atomic E-state index is 13.9. The molecule has 2 aromatic carbocycles. The summed E-state index contributed by atoms with van der Waals surface area (Å²) in [5, 5.41) is 2.32. The fraction of sp³-hybridized carbons (Fsp3) is 0.300. The number of carbonyl (C=O) groups is 2. The maximum Gasteiger partial charge on any atom is 0.340 e. The molecule has 0 aliphatic carbocycles. The van der Waals surface area contributed by atoms with Gasteiger partial charge in [-0.2, -0.15) is 0 Å². The minimum Gasteiger partial charge on any atom is -0.491 e. The van der Waals surface area contributed by atoms with E-state index in [-0.39, 0.29) is 17.4 Å². The van der Waals surface area contributed by atoms with Gasteiger partial charge >= 0.3 is 5.97 Å². The lowest BCUT2D eigenvalue weighted by Gasteiger charge is -2.12. The zero-order chi connectivity index (χ0) is 20.1. The third kappa shape index (κ3) is 4.64. The second-order valence-corrected chi connectivity index (χ2v) is 6.23. The van der Waals surface area contributed by atoms with E-state index < -0.39 is 29.1 Å². The lowest BCUT2D eigenvalue weighted by molar-refractivity contribution is 0.0595. The minimum absolute atomic E-state index is 0.0773. The number of methoxy groups -OCH3 is 1. The van der Waals surface area contributed by atoms with Gasteiger partial charge in [0.15, 0.2) is 0 Å². The molecule has 1 heterocycles. The van der Waals surface area contributed by atoms with E-state index in [0.29, 0.717) is 18.4 Å². The molecule has 0 bridgehead atoms. The van der Waals surface area contributed by atoms with Crippen LogP contribution in [0.4, 0.5) is 14.5 Å². The molecule has 1 aliphatic rings. The Kier molecular flexibility index (Phi) is 6.20. The van der Waals surface area contributed by atoms with E-state index in [0.717, 1.165) is 32.6 Å². The van der Waals surface area contributed by atoms with E-state index in [1.807, 2.05) is 0 Å². The van der Waals surface area contributed by atoms with Crippen LogP contribution in [0.3, 0.4) is 0 Å². The Morgan fingerprint density at radius 1 is 1.18 bits per heavy atom. The van der Waals surface area contributed by atoms with Crippen molar-refractivity contribution in [3.63, 3.8) is 0 Å². The number of amides is 1. The van der Waals surface area contributed by atoms with Gasteiger partial charge in [0, 0.05) is 18.2 Å². The second kappa shape index (κ2) is 8.79. The fourth-order valence-corrected chi connectivity index (χ4v) is 2.77. The number of halogens is 2. The number of anilines is 1. The van der Waals surface area contributed by atoms with Gasteiger partial charge in [0.25, 0.3) is 5.91 Å². The van der Waals surface area contributed by atoms with Crippen molar-refractivity contribution in [2.24, 2.45) is 0 Å². The topological polar surface area (TPSA) is 73.9 Å². The van der Waals surface area contributed by atoms with Gasteiger partial charge in [0.05, 0.1) is 24.5 Å². The van der Waals surface area contributed by atoms with Crippen LogP contribution >= 0.6 is 0 Å². The van der Waals surface area contributed by atoms with Crippen LogP contribution in [-0.4, -0.2) is 38.3 Å². The summed E-state index contributed by atoms with van der Waals surface area (Å²) in [6.07, 6.45) is 2.05. The lowest BCUT2D eigenvalue weighted by atomic mass is 10.1. The van der Waals surface area contributed by atoms with Gasteiger partial charge in [-0.1, -0.05) is 0 Å². The molecule has 8 heteroatoms. The largest absolute Gasteiger partial charge is 0.491 e. The highest BCUT2D eigenvalue weighted by Crippen LogP contribution is 2.22. The predicted molar refractivity (Wildman–Crippen MR) is 96.6 cm³/mol. The summed E-state index contributed by atoms with van der Waals surface area (Å²) in [5.74, 6) is -3.09. The van der Waals surface area contributed by atoms with Crippen LogP contribution in [0.15, 0.2) is 36.4 Å². The Hall–Kier alpha value is -3.00. The Morgan fingerprint density at radius 2 is 1.93 bits per heavy atom. The van der Waals surface area contributed by atoms with Crippen LogP contribution in [0.5, 0.6) is 5.75 Å². The molecule has 2 aromatic rings. The molecule has 1 fully saturated rings. The van der Waals surface area contributed by atoms with Crippen molar-refractivity contribution in [1.82, 2.24) is 0 Å². The Bertz CT molecular complexity index is 864. The summed E-state index contributed by atoms with van der Waals surface area (Å²) < 4.78 is 43.2. The predicted octanol–water partition coefficient (Wildman–Crippen LogP) is 3.56. The first-order valence-corrected chi connectivity index (χ1v) is 8.71. The number of rotatable bonds is 6. The van der Waals surface area contributed by atoms with Crippen molar-refractivity contribution in [3.8, 4) is 5.75 Å². The molecule has 3 rings (SSSR count). The highest BCUT2D eigenvalue weighted by Gasteiger charge is 2.19. The zero-order valence-electron chi connectivity index (χ0n) is 15.2. The Morgan fingerprint density at radius 3 is 2.57 bits per heavy atom. The summed E-state index contributed by atoms with van der Waals surface area (Å²) >= 11 is 0. The number of ether oxygens (including phenoxy) is 3. The Balaban J connectivity index is 1.66. The van der Waals surface area contributed by atoms with Gasteiger partial charge in [0.1, 0.15) is 24.0 Å². The average Bonchev–Trinajstić information content (AvgIpc) is 3.22. The molecule has 1 aliphatic heterocycles. The molecule has 0 aromatic heterocycles. The normalized spacial score (nSPS) is 15.9. The smallest absolute Gasteiger partial charge is 0.340 e. The fourth-order valence-electron chi connectivity index (χ4n) is 2.77. The van der Waals surface area contributed by atoms with E-state index in [1.165, 1.54) is 12.1 Å². The molecule has 148 valence electrons. The van der Waals surface area contributed by atoms with E-state index in [1.54, 1.807) is 12.1 Å². The van der Waals surface area contributed by atoms with Crippen molar-refractivity contribution in [2.45, 2.75) is 18.9 Å². The van der Waals surface area contributed by atoms with Gasteiger partial charge in [-0.25, -0.2) is 13.6 Å². The van der Waals surface area contributed by atoms with Crippen molar-refractivity contribution >= 4 is 17.6 Å².